The number of carbonyl (C=O) groups is 1. The van der Waals surface area contributed by atoms with Crippen LogP contribution >= 0.6 is 0 Å². The maximum absolute atomic E-state index is 12.0. The highest BCUT2D eigenvalue weighted by Crippen LogP contribution is 2.14. The van der Waals surface area contributed by atoms with Gasteiger partial charge in [-0.1, -0.05) is 5.16 Å². The summed E-state index contributed by atoms with van der Waals surface area (Å²) in [5, 5.41) is 19.6. The molecule has 3 N–H and O–H groups in total. The standard InChI is InChI=1S/C15H19N5O3/c21-12-9-17-8-5-11(12)18-13(22)1-2-14-19-15(20-23-14)10-3-6-16-7-4-10/h3-4,6-7,11-12,17,21H,1-2,5,8-9H2,(H,18,22)/t11-,12-/m1/s1. The van der Waals surface area contributed by atoms with Gasteiger partial charge >= 0.3 is 0 Å². The van der Waals surface area contributed by atoms with Gasteiger partial charge < -0.3 is 20.3 Å². The van der Waals surface area contributed by atoms with Crippen LogP contribution in [0.3, 0.4) is 0 Å². The summed E-state index contributed by atoms with van der Waals surface area (Å²) in [4.78, 5) is 20.2. The number of carbonyl (C=O) groups excluding carboxylic acids is 1. The quantitative estimate of drug-likeness (QED) is 0.706. The number of hydrogen-bond donors (Lipinski definition) is 3. The molecule has 1 amide bonds. The van der Waals surface area contributed by atoms with E-state index >= 15 is 0 Å². The minimum absolute atomic E-state index is 0.125. The number of aliphatic hydroxyl groups excluding tert-OH is 1. The van der Waals surface area contributed by atoms with Crippen molar-refractivity contribution in [3.05, 3.63) is 30.4 Å². The second-order valence-corrected chi connectivity index (χ2v) is 5.48. The van der Waals surface area contributed by atoms with Crippen LogP contribution in [0.15, 0.2) is 29.0 Å². The number of aryl methyl sites for hydroxylation is 1. The molecule has 0 spiro atoms. The van der Waals surface area contributed by atoms with Gasteiger partial charge in [0.25, 0.3) is 0 Å². The molecule has 2 atom stereocenters. The molecule has 8 heteroatoms. The molecule has 1 saturated heterocycles. The van der Waals surface area contributed by atoms with Gasteiger partial charge in [-0.15, -0.1) is 0 Å². The third kappa shape index (κ3) is 4.11. The molecule has 0 aliphatic carbocycles. The van der Waals surface area contributed by atoms with Crippen LogP contribution < -0.4 is 10.6 Å². The van der Waals surface area contributed by atoms with Crippen molar-refractivity contribution >= 4 is 5.91 Å². The second-order valence-electron chi connectivity index (χ2n) is 5.48. The lowest BCUT2D eigenvalue weighted by Crippen LogP contribution is -2.52. The first kappa shape index (κ1) is 15.6. The Bertz CT molecular complexity index is 646. The maximum atomic E-state index is 12.0. The van der Waals surface area contributed by atoms with Crippen molar-refractivity contribution in [2.24, 2.45) is 0 Å². The molecular formula is C15H19N5O3. The summed E-state index contributed by atoms with van der Waals surface area (Å²) in [6.07, 6.45) is 4.10. The molecule has 8 nitrogen and oxygen atoms in total. The van der Waals surface area contributed by atoms with E-state index in [1.54, 1.807) is 24.5 Å². The molecule has 3 heterocycles. The van der Waals surface area contributed by atoms with E-state index in [9.17, 15) is 9.90 Å². The van der Waals surface area contributed by atoms with Crippen molar-refractivity contribution in [3.63, 3.8) is 0 Å². The number of pyridine rings is 1. The molecule has 0 unspecified atom stereocenters. The Morgan fingerprint density at radius 3 is 3.04 bits per heavy atom. The number of aliphatic hydroxyl groups is 1. The molecule has 0 aromatic carbocycles. The van der Waals surface area contributed by atoms with Crippen molar-refractivity contribution in [1.29, 1.82) is 0 Å². The summed E-state index contributed by atoms with van der Waals surface area (Å²) in [5.41, 5.74) is 0.817. The third-order valence-electron chi connectivity index (χ3n) is 3.77. The van der Waals surface area contributed by atoms with Gasteiger partial charge in [0.2, 0.25) is 17.6 Å². The normalized spacial score (nSPS) is 21.1. The Morgan fingerprint density at radius 1 is 1.43 bits per heavy atom. The van der Waals surface area contributed by atoms with Crippen molar-refractivity contribution in [1.82, 2.24) is 25.8 Å². The van der Waals surface area contributed by atoms with E-state index in [1.165, 1.54) is 0 Å². The third-order valence-corrected chi connectivity index (χ3v) is 3.77. The van der Waals surface area contributed by atoms with Crippen LogP contribution in [-0.4, -0.2) is 51.4 Å². The Morgan fingerprint density at radius 2 is 2.26 bits per heavy atom. The van der Waals surface area contributed by atoms with E-state index in [-0.39, 0.29) is 18.4 Å². The van der Waals surface area contributed by atoms with Crippen molar-refractivity contribution in [3.8, 4) is 11.4 Å². The van der Waals surface area contributed by atoms with E-state index in [2.05, 4.69) is 25.8 Å². The zero-order valence-corrected chi connectivity index (χ0v) is 12.6. The minimum Gasteiger partial charge on any atom is -0.390 e. The van der Waals surface area contributed by atoms with Crippen LogP contribution in [0.25, 0.3) is 11.4 Å². The monoisotopic (exact) mass is 317 g/mol. The lowest BCUT2D eigenvalue weighted by molar-refractivity contribution is -0.123. The predicted molar refractivity (Wildman–Crippen MR) is 81.3 cm³/mol. The van der Waals surface area contributed by atoms with Crippen molar-refractivity contribution in [2.45, 2.75) is 31.4 Å². The van der Waals surface area contributed by atoms with Crippen LogP contribution in [0.4, 0.5) is 0 Å². The number of aromatic nitrogens is 3. The average Bonchev–Trinajstić information content (AvgIpc) is 3.05. The highest BCUT2D eigenvalue weighted by atomic mass is 16.5. The average molecular weight is 317 g/mol. The fourth-order valence-electron chi connectivity index (χ4n) is 2.48. The molecule has 0 bridgehead atoms. The van der Waals surface area contributed by atoms with Crippen LogP contribution in [-0.2, 0) is 11.2 Å². The Hall–Kier alpha value is -2.32. The minimum atomic E-state index is -0.547. The SMILES string of the molecule is O=C(CCc1nc(-c2ccncc2)no1)N[C@@H]1CCNC[C@H]1O. The van der Waals surface area contributed by atoms with E-state index in [1.807, 2.05) is 0 Å². The van der Waals surface area contributed by atoms with Crippen molar-refractivity contribution < 1.29 is 14.4 Å². The van der Waals surface area contributed by atoms with Crippen LogP contribution in [0.5, 0.6) is 0 Å². The molecule has 0 saturated carbocycles. The van der Waals surface area contributed by atoms with Gasteiger partial charge in [0.1, 0.15) is 0 Å². The maximum Gasteiger partial charge on any atom is 0.227 e. The topological polar surface area (TPSA) is 113 Å². The fraction of sp³-hybridized carbons (Fsp3) is 0.467. The molecule has 0 radical (unpaired) electrons. The van der Waals surface area contributed by atoms with Crippen LogP contribution in [0.2, 0.25) is 0 Å². The zero-order chi connectivity index (χ0) is 16.1. The van der Waals surface area contributed by atoms with Gasteiger partial charge in [-0.2, -0.15) is 4.98 Å². The van der Waals surface area contributed by atoms with E-state index < -0.39 is 6.10 Å². The van der Waals surface area contributed by atoms with E-state index in [4.69, 9.17) is 4.52 Å². The largest absolute Gasteiger partial charge is 0.390 e. The van der Waals surface area contributed by atoms with E-state index in [0.29, 0.717) is 24.7 Å². The second kappa shape index (κ2) is 7.30. The molecule has 1 aliphatic heterocycles. The van der Waals surface area contributed by atoms with Gasteiger partial charge in [-0.3, -0.25) is 9.78 Å². The number of β-amino-alcohol motifs (C(OH)–C–C–N with tert-alkyl or cyclic N) is 1. The molecule has 23 heavy (non-hydrogen) atoms. The summed E-state index contributed by atoms with van der Waals surface area (Å²) < 4.78 is 5.16. The highest BCUT2D eigenvalue weighted by Gasteiger charge is 2.24. The number of nitrogens with zero attached hydrogens (tertiary/aromatic N) is 3. The van der Waals surface area contributed by atoms with Gasteiger partial charge in [-0.25, -0.2) is 0 Å². The molecule has 1 aliphatic rings. The Balaban J connectivity index is 1.50. The number of hydrogen-bond acceptors (Lipinski definition) is 7. The summed E-state index contributed by atoms with van der Waals surface area (Å²) in [6, 6.07) is 3.39. The first-order valence-corrected chi connectivity index (χ1v) is 7.63. The number of amides is 1. The first-order chi connectivity index (χ1) is 11.2. The summed E-state index contributed by atoms with van der Waals surface area (Å²) in [6.45, 7) is 1.30. The number of piperidine rings is 1. The molecule has 3 rings (SSSR count). The first-order valence-electron chi connectivity index (χ1n) is 7.63. The summed E-state index contributed by atoms with van der Waals surface area (Å²) in [5.74, 6) is 0.772. The lowest BCUT2D eigenvalue weighted by Gasteiger charge is -2.29. The van der Waals surface area contributed by atoms with Crippen LogP contribution in [0, 0.1) is 0 Å². The molecule has 1 fully saturated rings. The Labute approximate surface area is 133 Å². The van der Waals surface area contributed by atoms with Gasteiger partial charge in [0.05, 0.1) is 12.1 Å². The van der Waals surface area contributed by atoms with Gasteiger partial charge in [0, 0.05) is 37.3 Å². The summed E-state index contributed by atoms with van der Waals surface area (Å²) in [7, 11) is 0. The molecule has 2 aromatic heterocycles. The number of nitrogens with one attached hydrogen (secondary N) is 2. The molecule has 122 valence electrons. The van der Waals surface area contributed by atoms with Crippen LogP contribution in [0.1, 0.15) is 18.7 Å². The van der Waals surface area contributed by atoms with E-state index in [0.717, 1.165) is 18.5 Å². The number of rotatable bonds is 5. The van der Waals surface area contributed by atoms with Gasteiger partial charge in [0.15, 0.2) is 0 Å². The fourth-order valence-corrected chi connectivity index (χ4v) is 2.48. The smallest absolute Gasteiger partial charge is 0.227 e. The Kier molecular flexibility index (Phi) is 4.94. The predicted octanol–water partition coefficient (Wildman–Crippen LogP) is -0.0968. The van der Waals surface area contributed by atoms with Gasteiger partial charge in [-0.05, 0) is 25.1 Å². The molecule has 2 aromatic rings. The highest BCUT2D eigenvalue weighted by molar-refractivity contribution is 5.76. The lowest BCUT2D eigenvalue weighted by atomic mass is 10.0. The zero-order valence-electron chi connectivity index (χ0n) is 12.6. The summed E-state index contributed by atoms with van der Waals surface area (Å²) >= 11 is 0. The van der Waals surface area contributed by atoms with Crippen molar-refractivity contribution in [2.75, 3.05) is 13.1 Å². The molecular weight excluding hydrogens is 298 g/mol.